The minimum absolute atomic E-state index is 0.618. The van der Waals surface area contributed by atoms with Crippen LogP contribution in [0.1, 0.15) is 0 Å². The Morgan fingerprint density at radius 2 is 1.77 bits per heavy atom. The molecule has 0 fully saturated rings. The van der Waals surface area contributed by atoms with E-state index in [1.807, 2.05) is 48.5 Å². The maximum Gasteiger partial charge on any atom is 0.170 e. The third-order valence-corrected chi connectivity index (χ3v) is 3.83. The van der Waals surface area contributed by atoms with Gasteiger partial charge in [0.1, 0.15) is 11.0 Å². The molecule has 1 heterocycles. The molecule has 22 heavy (non-hydrogen) atoms. The van der Waals surface area contributed by atoms with Crippen molar-refractivity contribution in [3.63, 3.8) is 0 Å². The van der Waals surface area contributed by atoms with E-state index >= 15 is 0 Å². The first-order chi connectivity index (χ1) is 10.8. The summed E-state index contributed by atoms with van der Waals surface area (Å²) in [5, 5.41) is 10.3. The van der Waals surface area contributed by atoms with Gasteiger partial charge >= 0.3 is 0 Å². The molecule has 0 bridgehead atoms. The second-order valence-corrected chi connectivity index (χ2v) is 5.58. The van der Waals surface area contributed by atoms with Crippen LogP contribution >= 0.6 is 23.9 Å². The summed E-state index contributed by atoms with van der Waals surface area (Å²) in [6, 6.07) is 15.8. The minimum atomic E-state index is 0.618. The number of thiocarbonyl (C=S) groups is 1. The quantitative estimate of drug-likeness (QED) is 0.494. The fourth-order valence-electron chi connectivity index (χ4n) is 1.97. The first-order valence-electron chi connectivity index (χ1n) is 6.87. The van der Waals surface area contributed by atoms with Crippen LogP contribution in [0.5, 0.6) is 0 Å². The fourth-order valence-corrected chi connectivity index (χ4v) is 2.71. The summed E-state index contributed by atoms with van der Waals surface area (Å²) in [4.78, 5) is 0. The number of benzene rings is 2. The summed E-state index contributed by atoms with van der Waals surface area (Å²) in [7, 11) is 0. The standard InChI is InChI=1S/C15H15N5S2/c21-15(18-11-4-2-1-3-5-11)17-9-8-16-12-6-7-13-14(10-12)20-22-19-13/h1-7,10,16H,8-9H2,(H2,17,18,21). The average Bonchev–Trinajstić information content (AvgIpc) is 3.00. The Labute approximate surface area is 138 Å². The summed E-state index contributed by atoms with van der Waals surface area (Å²) < 4.78 is 8.41. The number of anilines is 2. The van der Waals surface area contributed by atoms with E-state index in [-0.39, 0.29) is 0 Å². The molecule has 3 aromatic rings. The van der Waals surface area contributed by atoms with Crippen LogP contribution in [0, 0.1) is 0 Å². The topological polar surface area (TPSA) is 61.9 Å². The predicted octanol–water partition coefficient (Wildman–Crippen LogP) is 3.09. The van der Waals surface area contributed by atoms with E-state index in [0.717, 1.165) is 35.5 Å². The van der Waals surface area contributed by atoms with Crippen molar-refractivity contribution < 1.29 is 0 Å². The van der Waals surface area contributed by atoms with Crippen LogP contribution in [0.2, 0.25) is 0 Å². The molecule has 0 spiro atoms. The zero-order valence-electron chi connectivity index (χ0n) is 11.7. The SMILES string of the molecule is S=C(NCCNc1ccc2nsnc2c1)Nc1ccccc1. The van der Waals surface area contributed by atoms with Gasteiger partial charge < -0.3 is 16.0 Å². The van der Waals surface area contributed by atoms with Crippen LogP contribution < -0.4 is 16.0 Å². The van der Waals surface area contributed by atoms with Gasteiger partial charge in [0.2, 0.25) is 0 Å². The Bertz CT molecular complexity index is 757. The zero-order chi connectivity index (χ0) is 15.2. The maximum atomic E-state index is 5.25. The molecule has 112 valence electrons. The van der Waals surface area contributed by atoms with Gasteiger partial charge in [-0.15, -0.1) is 0 Å². The lowest BCUT2D eigenvalue weighted by atomic mass is 10.3. The highest BCUT2D eigenvalue weighted by Gasteiger charge is 2.00. The lowest BCUT2D eigenvalue weighted by molar-refractivity contribution is 0.916. The maximum absolute atomic E-state index is 5.25. The summed E-state index contributed by atoms with van der Waals surface area (Å²) in [6.07, 6.45) is 0. The second-order valence-electron chi connectivity index (χ2n) is 4.64. The molecule has 0 unspecified atom stereocenters. The molecule has 0 atom stereocenters. The normalized spacial score (nSPS) is 10.4. The molecule has 5 nitrogen and oxygen atoms in total. The Morgan fingerprint density at radius 3 is 2.64 bits per heavy atom. The van der Waals surface area contributed by atoms with Crippen molar-refractivity contribution in [3.8, 4) is 0 Å². The van der Waals surface area contributed by atoms with Crippen molar-refractivity contribution in [1.82, 2.24) is 14.1 Å². The smallest absolute Gasteiger partial charge is 0.170 e. The van der Waals surface area contributed by atoms with Crippen LogP contribution in [0.15, 0.2) is 48.5 Å². The number of fused-ring (bicyclic) bond motifs is 1. The van der Waals surface area contributed by atoms with Crippen molar-refractivity contribution in [3.05, 3.63) is 48.5 Å². The molecular formula is C15H15N5S2. The molecule has 2 aromatic carbocycles. The van der Waals surface area contributed by atoms with E-state index in [0.29, 0.717) is 5.11 Å². The van der Waals surface area contributed by atoms with E-state index in [1.165, 1.54) is 11.7 Å². The van der Waals surface area contributed by atoms with Crippen LogP contribution in [0.4, 0.5) is 11.4 Å². The summed E-state index contributed by atoms with van der Waals surface area (Å²) in [6.45, 7) is 1.49. The molecule has 7 heteroatoms. The predicted molar refractivity (Wildman–Crippen MR) is 96.6 cm³/mol. The van der Waals surface area contributed by atoms with Crippen molar-refractivity contribution >= 4 is 51.5 Å². The lowest BCUT2D eigenvalue weighted by Gasteiger charge is -2.11. The molecule has 3 N–H and O–H groups in total. The zero-order valence-corrected chi connectivity index (χ0v) is 13.4. The van der Waals surface area contributed by atoms with E-state index in [1.54, 1.807) is 0 Å². The van der Waals surface area contributed by atoms with Crippen LogP contribution in [-0.2, 0) is 0 Å². The van der Waals surface area contributed by atoms with E-state index in [9.17, 15) is 0 Å². The minimum Gasteiger partial charge on any atom is -0.383 e. The summed E-state index contributed by atoms with van der Waals surface area (Å²) in [5.74, 6) is 0. The number of aromatic nitrogens is 2. The number of hydrogen-bond donors (Lipinski definition) is 3. The monoisotopic (exact) mass is 329 g/mol. The van der Waals surface area contributed by atoms with Gasteiger partial charge in [0.15, 0.2) is 5.11 Å². The van der Waals surface area contributed by atoms with Crippen molar-refractivity contribution in [2.24, 2.45) is 0 Å². The largest absolute Gasteiger partial charge is 0.383 e. The van der Waals surface area contributed by atoms with Crippen molar-refractivity contribution in [2.75, 3.05) is 23.7 Å². The Morgan fingerprint density at radius 1 is 0.955 bits per heavy atom. The fraction of sp³-hybridized carbons (Fsp3) is 0.133. The van der Waals surface area contributed by atoms with Gasteiger partial charge in [-0.25, -0.2) is 0 Å². The molecule has 0 saturated heterocycles. The number of para-hydroxylation sites is 1. The van der Waals surface area contributed by atoms with Gasteiger partial charge in [0.05, 0.1) is 11.7 Å². The second kappa shape index (κ2) is 7.15. The van der Waals surface area contributed by atoms with Crippen molar-refractivity contribution in [2.45, 2.75) is 0 Å². The van der Waals surface area contributed by atoms with Gasteiger partial charge in [0.25, 0.3) is 0 Å². The number of nitrogens with zero attached hydrogens (tertiary/aromatic N) is 2. The van der Waals surface area contributed by atoms with E-state index in [2.05, 4.69) is 24.7 Å². The number of rotatable bonds is 5. The van der Waals surface area contributed by atoms with Crippen LogP contribution in [-0.4, -0.2) is 26.9 Å². The molecule has 0 aliphatic heterocycles. The van der Waals surface area contributed by atoms with Crippen LogP contribution in [0.25, 0.3) is 11.0 Å². The number of nitrogens with one attached hydrogen (secondary N) is 3. The molecule has 0 radical (unpaired) electrons. The van der Waals surface area contributed by atoms with Gasteiger partial charge in [-0.05, 0) is 42.5 Å². The molecule has 0 aliphatic rings. The van der Waals surface area contributed by atoms with E-state index in [4.69, 9.17) is 12.2 Å². The van der Waals surface area contributed by atoms with Gasteiger partial charge in [-0.3, -0.25) is 0 Å². The Kier molecular flexibility index (Phi) is 4.77. The molecule has 3 rings (SSSR count). The molecule has 1 aromatic heterocycles. The third-order valence-electron chi connectivity index (χ3n) is 3.03. The molecular weight excluding hydrogens is 314 g/mol. The first-order valence-corrected chi connectivity index (χ1v) is 8.01. The molecule has 0 amide bonds. The Balaban J connectivity index is 1.42. The molecule has 0 saturated carbocycles. The highest BCUT2D eigenvalue weighted by Crippen LogP contribution is 2.16. The van der Waals surface area contributed by atoms with Gasteiger partial charge in [-0.2, -0.15) is 8.75 Å². The first kappa shape index (κ1) is 14.7. The summed E-state index contributed by atoms with van der Waals surface area (Å²) >= 11 is 6.48. The van der Waals surface area contributed by atoms with Crippen LogP contribution in [0.3, 0.4) is 0 Å². The van der Waals surface area contributed by atoms with E-state index < -0.39 is 0 Å². The lowest BCUT2D eigenvalue weighted by Crippen LogP contribution is -2.32. The van der Waals surface area contributed by atoms with Gasteiger partial charge in [0, 0.05) is 24.5 Å². The number of hydrogen-bond acceptors (Lipinski definition) is 5. The highest BCUT2D eigenvalue weighted by atomic mass is 32.1. The molecule has 0 aliphatic carbocycles. The Hall–Kier alpha value is -2.25. The average molecular weight is 329 g/mol. The highest BCUT2D eigenvalue weighted by molar-refractivity contribution is 7.80. The van der Waals surface area contributed by atoms with Gasteiger partial charge in [-0.1, -0.05) is 18.2 Å². The summed E-state index contributed by atoms with van der Waals surface area (Å²) in [5.41, 5.74) is 3.87. The van der Waals surface area contributed by atoms with Crippen molar-refractivity contribution in [1.29, 1.82) is 0 Å². The third kappa shape index (κ3) is 3.90.